The molecular formula is C14H16N6S. The van der Waals surface area contributed by atoms with Crippen molar-refractivity contribution < 1.29 is 0 Å². The van der Waals surface area contributed by atoms with Gasteiger partial charge >= 0.3 is 0 Å². The molecule has 2 aromatic heterocycles. The molecule has 0 unspecified atom stereocenters. The van der Waals surface area contributed by atoms with Crippen molar-refractivity contribution in [2.75, 3.05) is 5.32 Å². The van der Waals surface area contributed by atoms with Crippen molar-refractivity contribution in [3.05, 3.63) is 45.7 Å². The zero-order chi connectivity index (χ0) is 14.8. The van der Waals surface area contributed by atoms with Gasteiger partial charge in [0.15, 0.2) is 0 Å². The first kappa shape index (κ1) is 13.7. The van der Waals surface area contributed by atoms with Crippen molar-refractivity contribution in [1.82, 2.24) is 25.2 Å². The Morgan fingerprint density at radius 2 is 2.10 bits per heavy atom. The van der Waals surface area contributed by atoms with Crippen molar-refractivity contribution >= 4 is 17.0 Å². The lowest BCUT2D eigenvalue weighted by atomic mass is 10.2. The standard InChI is InChI=1S/C14H16N6S/c1-9-6-12(4-5-13(9)20-8-16-18-19-20)15-7-14-10(2)17-11(3)21-14/h4-6,8,15H,7H2,1-3H3. The molecule has 0 radical (unpaired) electrons. The Balaban J connectivity index is 1.75. The molecule has 1 aromatic carbocycles. The number of thiazole rings is 1. The number of anilines is 1. The molecular weight excluding hydrogens is 284 g/mol. The number of aryl methyl sites for hydroxylation is 3. The number of nitrogens with zero attached hydrogens (tertiary/aromatic N) is 5. The minimum Gasteiger partial charge on any atom is -0.380 e. The summed E-state index contributed by atoms with van der Waals surface area (Å²) >= 11 is 1.73. The summed E-state index contributed by atoms with van der Waals surface area (Å²) in [7, 11) is 0. The Morgan fingerprint density at radius 1 is 1.24 bits per heavy atom. The first-order valence-electron chi connectivity index (χ1n) is 6.64. The molecule has 0 saturated heterocycles. The van der Waals surface area contributed by atoms with E-state index in [1.165, 1.54) is 4.88 Å². The highest BCUT2D eigenvalue weighted by molar-refractivity contribution is 7.11. The maximum atomic E-state index is 4.44. The Bertz CT molecular complexity index is 747. The summed E-state index contributed by atoms with van der Waals surface area (Å²) in [6.07, 6.45) is 1.60. The van der Waals surface area contributed by atoms with Gasteiger partial charge in [-0.25, -0.2) is 9.67 Å². The fourth-order valence-corrected chi connectivity index (χ4v) is 3.09. The quantitative estimate of drug-likeness (QED) is 0.802. The highest BCUT2D eigenvalue weighted by Gasteiger charge is 2.06. The smallest absolute Gasteiger partial charge is 0.143 e. The largest absolute Gasteiger partial charge is 0.380 e. The monoisotopic (exact) mass is 300 g/mol. The van der Waals surface area contributed by atoms with E-state index in [0.29, 0.717) is 0 Å². The number of benzene rings is 1. The second kappa shape index (κ2) is 5.61. The topological polar surface area (TPSA) is 68.5 Å². The Morgan fingerprint density at radius 3 is 2.71 bits per heavy atom. The molecule has 0 bridgehead atoms. The Kier molecular flexibility index (Phi) is 3.66. The predicted octanol–water partition coefficient (Wildman–Crippen LogP) is 2.66. The number of rotatable bonds is 4. The van der Waals surface area contributed by atoms with E-state index >= 15 is 0 Å². The van der Waals surface area contributed by atoms with Crippen molar-refractivity contribution in [3.63, 3.8) is 0 Å². The summed E-state index contributed by atoms with van der Waals surface area (Å²) in [5, 5.41) is 15.8. The molecule has 21 heavy (non-hydrogen) atoms. The molecule has 108 valence electrons. The summed E-state index contributed by atoms with van der Waals surface area (Å²) < 4.78 is 1.66. The Hall–Kier alpha value is -2.28. The van der Waals surface area contributed by atoms with Gasteiger partial charge in [0.25, 0.3) is 0 Å². The lowest BCUT2D eigenvalue weighted by molar-refractivity contribution is 0.785. The molecule has 7 heteroatoms. The van der Waals surface area contributed by atoms with Crippen LogP contribution in [0.5, 0.6) is 0 Å². The van der Waals surface area contributed by atoms with E-state index < -0.39 is 0 Å². The van der Waals surface area contributed by atoms with E-state index in [0.717, 1.165) is 34.2 Å². The Labute approximate surface area is 126 Å². The van der Waals surface area contributed by atoms with Crippen molar-refractivity contribution in [1.29, 1.82) is 0 Å². The van der Waals surface area contributed by atoms with Crippen LogP contribution in [0.1, 0.15) is 21.1 Å². The normalized spacial score (nSPS) is 10.8. The van der Waals surface area contributed by atoms with Crippen molar-refractivity contribution in [2.24, 2.45) is 0 Å². The molecule has 0 amide bonds. The van der Waals surface area contributed by atoms with Crippen LogP contribution in [0, 0.1) is 20.8 Å². The number of hydrogen-bond acceptors (Lipinski definition) is 6. The molecule has 2 heterocycles. The van der Waals surface area contributed by atoms with Gasteiger partial charge in [-0.2, -0.15) is 0 Å². The molecule has 0 saturated carbocycles. The third-order valence-corrected chi connectivity index (χ3v) is 4.32. The first-order valence-corrected chi connectivity index (χ1v) is 7.46. The van der Waals surface area contributed by atoms with E-state index in [-0.39, 0.29) is 0 Å². The van der Waals surface area contributed by atoms with Crippen LogP contribution in [0.15, 0.2) is 24.5 Å². The van der Waals surface area contributed by atoms with Crippen LogP contribution in [0.25, 0.3) is 5.69 Å². The van der Waals surface area contributed by atoms with Crippen LogP contribution in [0.3, 0.4) is 0 Å². The van der Waals surface area contributed by atoms with Crippen molar-refractivity contribution in [2.45, 2.75) is 27.3 Å². The lowest BCUT2D eigenvalue weighted by Gasteiger charge is -2.09. The SMILES string of the molecule is Cc1nc(C)c(CNc2ccc(-n3cnnn3)c(C)c2)s1. The fraction of sp³-hybridized carbons (Fsp3) is 0.286. The van der Waals surface area contributed by atoms with E-state index in [1.807, 2.05) is 32.9 Å². The second-order valence-corrected chi connectivity index (χ2v) is 6.14. The van der Waals surface area contributed by atoms with Crippen LogP contribution in [0.2, 0.25) is 0 Å². The third kappa shape index (κ3) is 2.92. The molecule has 0 atom stereocenters. The predicted molar refractivity (Wildman–Crippen MR) is 82.8 cm³/mol. The number of nitrogens with one attached hydrogen (secondary N) is 1. The molecule has 0 aliphatic rings. The van der Waals surface area contributed by atoms with Gasteiger partial charge < -0.3 is 5.32 Å². The maximum Gasteiger partial charge on any atom is 0.143 e. The molecule has 0 aliphatic carbocycles. The van der Waals surface area contributed by atoms with Gasteiger partial charge in [0, 0.05) is 10.6 Å². The van der Waals surface area contributed by atoms with E-state index in [1.54, 1.807) is 22.3 Å². The summed E-state index contributed by atoms with van der Waals surface area (Å²) in [6.45, 7) is 6.92. The van der Waals surface area contributed by atoms with Crippen molar-refractivity contribution in [3.8, 4) is 5.69 Å². The van der Waals surface area contributed by atoms with E-state index in [4.69, 9.17) is 0 Å². The van der Waals surface area contributed by atoms with Gasteiger partial charge in [0.1, 0.15) is 6.33 Å². The average molecular weight is 300 g/mol. The van der Waals surface area contributed by atoms with Crippen LogP contribution in [0.4, 0.5) is 5.69 Å². The van der Waals surface area contributed by atoms with Crippen LogP contribution in [-0.4, -0.2) is 25.2 Å². The molecule has 1 N–H and O–H groups in total. The molecule has 6 nitrogen and oxygen atoms in total. The van der Waals surface area contributed by atoms with Crippen LogP contribution in [-0.2, 0) is 6.54 Å². The zero-order valence-corrected chi connectivity index (χ0v) is 13.0. The molecule has 0 fully saturated rings. The maximum absolute atomic E-state index is 4.44. The van der Waals surface area contributed by atoms with Gasteiger partial charge in [0.2, 0.25) is 0 Å². The number of aromatic nitrogens is 5. The van der Waals surface area contributed by atoms with Gasteiger partial charge in [-0.3, -0.25) is 0 Å². The first-order chi connectivity index (χ1) is 10.1. The third-order valence-electron chi connectivity index (χ3n) is 3.25. The number of tetrazole rings is 1. The van der Waals surface area contributed by atoms with Gasteiger partial charge in [-0.05, 0) is 55.0 Å². The summed E-state index contributed by atoms with van der Waals surface area (Å²) in [6, 6.07) is 6.15. The summed E-state index contributed by atoms with van der Waals surface area (Å²) in [5.41, 5.74) is 4.28. The molecule has 3 rings (SSSR count). The van der Waals surface area contributed by atoms with Gasteiger partial charge in [-0.1, -0.05) is 0 Å². The highest BCUT2D eigenvalue weighted by Crippen LogP contribution is 2.21. The molecule has 0 aliphatic heterocycles. The van der Waals surface area contributed by atoms with E-state index in [2.05, 4.69) is 31.9 Å². The minimum atomic E-state index is 0.793. The highest BCUT2D eigenvalue weighted by atomic mass is 32.1. The fourth-order valence-electron chi connectivity index (χ4n) is 2.21. The van der Waals surface area contributed by atoms with E-state index in [9.17, 15) is 0 Å². The van der Waals surface area contributed by atoms with Gasteiger partial charge in [0.05, 0.1) is 22.9 Å². The summed E-state index contributed by atoms with van der Waals surface area (Å²) in [5.74, 6) is 0. The van der Waals surface area contributed by atoms with Gasteiger partial charge in [-0.15, -0.1) is 16.4 Å². The second-order valence-electron chi connectivity index (χ2n) is 4.85. The average Bonchev–Trinajstić information content (AvgIpc) is 3.06. The summed E-state index contributed by atoms with van der Waals surface area (Å²) in [4.78, 5) is 5.71. The number of hydrogen-bond donors (Lipinski definition) is 1. The van der Waals surface area contributed by atoms with Crippen LogP contribution < -0.4 is 5.32 Å². The minimum absolute atomic E-state index is 0.793. The molecule has 0 spiro atoms. The van der Waals surface area contributed by atoms with Crippen LogP contribution >= 0.6 is 11.3 Å². The zero-order valence-electron chi connectivity index (χ0n) is 12.2. The lowest BCUT2D eigenvalue weighted by Crippen LogP contribution is -2.02. The molecule has 3 aromatic rings.